The molecule has 0 unspecified atom stereocenters. The van der Waals surface area contributed by atoms with Gasteiger partial charge in [0.1, 0.15) is 0 Å². The Morgan fingerprint density at radius 2 is 1.41 bits per heavy atom. The van der Waals surface area contributed by atoms with Crippen LogP contribution in [-0.2, 0) is 6.42 Å². The Morgan fingerprint density at radius 1 is 0.682 bits per heavy atom. The number of rotatable bonds is 2. The number of fused-ring (bicyclic) bond motifs is 2. The van der Waals surface area contributed by atoms with Crippen LogP contribution in [0, 0.1) is 0 Å². The number of aromatic amines is 1. The molecule has 0 amide bonds. The molecule has 0 aliphatic carbocycles. The summed E-state index contributed by atoms with van der Waals surface area (Å²) < 4.78 is 0. The molecule has 0 saturated carbocycles. The summed E-state index contributed by atoms with van der Waals surface area (Å²) in [5, 5.41) is 1.50. The van der Waals surface area contributed by atoms with Gasteiger partial charge in [0.05, 0.1) is 0 Å². The predicted octanol–water partition coefficient (Wildman–Crippen LogP) is 4.27. The average molecular weight is 285 g/mol. The number of pyridine rings is 1. The predicted molar refractivity (Wildman–Crippen MR) is 91.3 cm³/mol. The fourth-order valence-corrected chi connectivity index (χ4v) is 2.91. The van der Waals surface area contributed by atoms with Crippen LogP contribution < -0.4 is 5.43 Å². The van der Waals surface area contributed by atoms with E-state index in [1.807, 2.05) is 54.6 Å². The minimum absolute atomic E-state index is 0.0965. The highest BCUT2D eigenvalue weighted by atomic mass is 16.1. The van der Waals surface area contributed by atoms with Crippen molar-refractivity contribution in [3.05, 3.63) is 94.1 Å². The van der Waals surface area contributed by atoms with Gasteiger partial charge >= 0.3 is 0 Å². The average Bonchev–Trinajstić information content (AvgIpc) is 2.57. The van der Waals surface area contributed by atoms with Crippen molar-refractivity contribution in [1.29, 1.82) is 0 Å². The van der Waals surface area contributed by atoms with Gasteiger partial charge in [0.2, 0.25) is 0 Å². The monoisotopic (exact) mass is 285 g/mol. The van der Waals surface area contributed by atoms with Gasteiger partial charge in [0, 0.05) is 21.8 Å². The Labute approximate surface area is 128 Å². The largest absolute Gasteiger partial charge is 0.354 e. The molecule has 0 aliphatic rings. The van der Waals surface area contributed by atoms with E-state index in [1.54, 1.807) is 0 Å². The van der Waals surface area contributed by atoms with E-state index >= 15 is 0 Å². The first-order valence-electron chi connectivity index (χ1n) is 7.39. The Hall–Kier alpha value is -2.87. The molecule has 4 aromatic rings. The van der Waals surface area contributed by atoms with Crippen molar-refractivity contribution in [3.8, 4) is 0 Å². The van der Waals surface area contributed by atoms with E-state index in [-0.39, 0.29) is 5.43 Å². The van der Waals surface area contributed by atoms with Crippen LogP contribution in [-0.4, -0.2) is 4.98 Å². The number of hydrogen-bond donors (Lipinski definition) is 1. The lowest BCUT2D eigenvalue weighted by Gasteiger charge is -2.06. The van der Waals surface area contributed by atoms with Crippen molar-refractivity contribution in [2.75, 3.05) is 0 Å². The topological polar surface area (TPSA) is 32.9 Å². The smallest absolute Gasteiger partial charge is 0.197 e. The summed E-state index contributed by atoms with van der Waals surface area (Å²) in [6, 6.07) is 24.0. The molecule has 0 saturated heterocycles. The number of nitrogens with one attached hydrogen (secondary N) is 1. The van der Waals surface area contributed by atoms with Crippen LogP contribution in [0.2, 0.25) is 0 Å². The van der Waals surface area contributed by atoms with E-state index in [2.05, 4.69) is 23.2 Å². The van der Waals surface area contributed by atoms with Crippen molar-refractivity contribution >= 4 is 21.8 Å². The number of para-hydroxylation sites is 1. The number of H-pyrrole nitrogens is 1. The fraction of sp³-hybridized carbons (Fsp3) is 0.0500. The summed E-state index contributed by atoms with van der Waals surface area (Å²) in [5.74, 6) is 0. The molecule has 1 heterocycles. The maximum Gasteiger partial charge on any atom is 0.197 e. The SMILES string of the molecule is O=c1c2ccccc2[nH]c2ccc(Cc3ccccc3)cc12. The lowest BCUT2D eigenvalue weighted by Crippen LogP contribution is -2.04. The summed E-state index contributed by atoms with van der Waals surface area (Å²) >= 11 is 0. The van der Waals surface area contributed by atoms with Crippen molar-refractivity contribution < 1.29 is 0 Å². The van der Waals surface area contributed by atoms with Gasteiger partial charge in [-0.25, -0.2) is 0 Å². The molecule has 2 heteroatoms. The second kappa shape index (κ2) is 5.15. The van der Waals surface area contributed by atoms with Crippen LogP contribution >= 0.6 is 0 Å². The van der Waals surface area contributed by atoms with Crippen LogP contribution in [0.15, 0.2) is 77.6 Å². The fourth-order valence-electron chi connectivity index (χ4n) is 2.91. The zero-order chi connectivity index (χ0) is 14.9. The van der Waals surface area contributed by atoms with Crippen molar-refractivity contribution in [2.45, 2.75) is 6.42 Å². The molecule has 0 aliphatic heterocycles. The molecule has 0 bridgehead atoms. The lowest BCUT2D eigenvalue weighted by atomic mass is 10.0. The Bertz CT molecular complexity index is 1020. The minimum Gasteiger partial charge on any atom is -0.354 e. The quantitative estimate of drug-likeness (QED) is 0.548. The van der Waals surface area contributed by atoms with E-state index < -0.39 is 0 Å². The summed E-state index contributed by atoms with van der Waals surface area (Å²) in [6.45, 7) is 0. The summed E-state index contributed by atoms with van der Waals surface area (Å²) in [4.78, 5) is 16.0. The highest BCUT2D eigenvalue weighted by molar-refractivity contribution is 5.92. The van der Waals surface area contributed by atoms with Gasteiger partial charge in [0.25, 0.3) is 0 Å². The second-order valence-electron chi connectivity index (χ2n) is 5.54. The van der Waals surface area contributed by atoms with E-state index in [0.717, 1.165) is 33.8 Å². The number of aromatic nitrogens is 1. The minimum atomic E-state index is 0.0965. The molecular formula is C20H15NO. The maximum absolute atomic E-state index is 12.7. The molecule has 0 fully saturated rings. The molecule has 0 spiro atoms. The molecule has 1 N–H and O–H groups in total. The normalized spacial score (nSPS) is 11.1. The van der Waals surface area contributed by atoms with Crippen LogP contribution in [0.25, 0.3) is 21.8 Å². The van der Waals surface area contributed by atoms with Crippen LogP contribution in [0.4, 0.5) is 0 Å². The van der Waals surface area contributed by atoms with Gasteiger partial charge in [-0.1, -0.05) is 48.5 Å². The van der Waals surface area contributed by atoms with Gasteiger partial charge in [-0.2, -0.15) is 0 Å². The summed E-state index contributed by atoms with van der Waals surface area (Å²) in [7, 11) is 0. The Balaban J connectivity index is 1.88. The van der Waals surface area contributed by atoms with Gasteiger partial charge in [-0.15, -0.1) is 0 Å². The third-order valence-electron chi connectivity index (χ3n) is 4.02. The third kappa shape index (κ3) is 2.19. The lowest BCUT2D eigenvalue weighted by molar-refractivity contribution is 1.20. The second-order valence-corrected chi connectivity index (χ2v) is 5.54. The van der Waals surface area contributed by atoms with E-state index in [4.69, 9.17) is 0 Å². The Kier molecular flexibility index (Phi) is 3.01. The molecule has 0 radical (unpaired) electrons. The van der Waals surface area contributed by atoms with E-state index in [1.165, 1.54) is 5.56 Å². The van der Waals surface area contributed by atoms with Gasteiger partial charge in [-0.3, -0.25) is 4.79 Å². The first kappa shape index (κ1) is 12.8. The zero-order valence-electron chi connectivity index (χ0n) is 12.0. The van der Waals surface area contributed by atoms with Crippen LogP contribution in [0.5, 0.6) is 0 Å². The molecule has 4 rings (SSSR count). The Morgan fingerprint density at radius 3 is 2.27 bits per heavy atom. The zero-order valence-corrected chi connectivity index (χ0v) is 12.0. The standard InChI is InChI=1S/C20H15NO/c22-20-16-8-4-5-9-18(16)21-19-11-10-15(13-17(19)20)12-14-6-2-1-3-7-14/h1-11,13H,12H2,(H,21,22). The molecule has 2 nitrogen and oxygen atoms in total. The molecule has 22 heavy (non-hydrogen) atoms. The van der Waals surface area contributed by atoms with Crippen molar-refractivity contribution in [1.82, 2.24) is 4.98 Å². The highest BCUT2D eigenvalue weighted by Crippen LogP contribution is 2.18. The molecule has 3 aromatic carbocycles. The number of benzene rings is 3. The van der Waals surface area contributed by atoms with Gasteiger partial charge in [0.15, 0.2) is 5.43 Å². The first-order valence-corrected chi connectivity index (χ1v) is 7.39. The first-order chi connectivity index (χ1) is 10.8. The van der Waals surface area contributed by atoms with E-state index in [0.29, 0.717) is 0 Å². The molecular weight excluding hydrogens is 270 g/mol. The van der Waals surface area contributed by atoms with Gasteiger partial charge in [-0.05, 0) is 41.8 Å². The number of hydrogen-bond acceptors (Lipinski definition) is 1. The molecule has 0 atom stereocenters. The van der Waals surface area contributed by atoms with E-state index in [9.17, 15) is 4.79 Å². The summed E-state index contributed by atoms with van der Waals surface area (Å²) in [5.41, 5.74) is 4.27. The molecule has 106 valence electrons. The van der Waals surface area contributed by atoms with Crippen LogP contribution in [0.1, 0.15) is 11.1 Å². The van der Waals surface area contributed by atoms with Crippen molar-refractivity contribution in [3.63, 3.8) is 0 Å². The summed E-state index contributed by atoms with van der Waals surface area (Å²) in [6.07, 6.45) is 0.836. The molecule has 1 aromatic heterocycles. The van der Waals surface area contributed by atoms with Gasteiger partial charge < -0.3 is 4.98 Å². The highest BCUT2D eigenvalue weighted by Gasteiger charge is 2.06. The van der Waals surface area contributed by atoms with Crippen LogP contribution in [0.3, 0.4) is 0 Å². The van der Waals surface area contributed by atoms with Crippen molar-refractivity contribution in [2.24, 2.45) is 0 Å². The maximum atomic E-state index is 12.7. The third-order valence-corrected chi connectivity index (χ3v) is 4.02.